The molecule has 0 radical (unpaired) electrons. The van der Waals surface area contributed by atoms with Gasteiger partial charge in [0.15, 0.2) is 0 Å². The fourth-order valence-corrected chi connectivity index (χ4v) is 5.02. The standard InChI is InChI=1S/C20H20N4O4S/c25-24(26)20-17-7-4-12-21-18(17)8-9-19(20)23-13-10-15(11-14-23)22-29(27,28)16-5-2-1-3-6-16/h1-9,12,15,22H,10-11,13-14H2. The Bertz CT molecular complexity index is 1140. The van der Waals surface area contributed by atoms with E-state index in [2.05, 4.69) is 9.71 Å². The summed E-state index contributed by atoms with van der Waals surface area (Å²) in [4.78, 5) is 17.7. The summed E-state index contributed by atoms with van der Waals surface area (Å²) in [5, 5.41) is 12.2. The average Bonchev–Trinajstić information content (AvgIpc) is 2.74. The number of sulfonamides is 1. The number of hydrogen-bond acceptors (Lipinski definition) is 6. The van der Waals surface area contributed by atoms with E-state index in [1.807, 2.05) is 4.90 Å². The van der Waals surface area contributed by atoms with Gasteiger partial charge in [-0.15, -0.1) is 0 Å². The molecule has 0 bridgehead atoms. The van der Waals surface area contributed by atoms with Crippen LogP contribution in [0.1, 0.15) is 12.8 Å². The van der Waals surface area contributed by atoms with Gasteiger partial charge in [0, 0.05) is 25.3 Å². The molecule has 9 heteroatoms. The number of piperidine rings is 1. The highest BCUT2D eigenvalue weighted by Crippen LogP contribution is 2.36. The first kappa shape index (κ1) is 19.3. The predicted octanol–water partition coefficient (Wildman–Crippen LogP) is 3.09. The molecular weight excluding hydrogens is 392 g/mol. The Labute approximate surface area is 168 Å². The van der Waals surface area contributed by atoms with Crippen LogP contribution >= 0.6 is 0 Å². The van der Waals surface area contributed by atoms with E-state index in [1.165, 1.54) is 0 Å². The van der Waals surface area contributed by atoms with Gasteiger partial charge in [-0.05, 0) is 49.2 Å². The van der Waals surface area contributed by atoms with Crippen molar-refractivity contribution >= 4 is 32.3 Å². The van der Waals surface area contributed by atoms with Gasteiger partial charge in [-0.2, -0.15) is 0 Å². The molecule has 1 N–H and O–H groups in total. The molecule has 4 rings (SSSR count). The van der Waals surface area contributed by atoms with E-state index in [4.69, 9.17) is 0 Å². The van der Waals surface area contributed by atoms with E-state index < -0.39 is 10.0 Å². The van der Waals surface area contributed by atoms with Gasteiger partial charge in [-0.3, -0.25) is 15.1 Å². The molecule has 0 saturated carbocycles. The molecule has 2 heterocycles. The van der Waals surface area contributed by atoms with Crippen LogP contribution < -0.4 is 9.62 Å². The summed E-state index contributed by atoms with van der Waals surface area (Å²) in [6, 6.07) is 14.9. The number of benzene rings is 2. The minimum Gasteiger partial charge on any atom is -0.366 e. The van der Waals surface area contributed by atoms with Crippen molar-refractivity contribution in [3.8, 4) is 0 Å². The number of pyridine rings is 1. The maximum Gasteiger partial charge on any atom is 0.301 e. The van der Waals surface area contributed by atoms with Crippen molar-refractivity contribution in [2.75, 3.05) is 18.0 Å². The predicted molar refractivity (Wildman–Crippen MR) is 110 cm³/mol. The van der Waals surface area contributed by atoms with Crippen LogP contribution in [0.2, 0.25) is 0 Å². The highest BCUT2D eigenvalue weighted by molar-refractivity contribution is 7.89. The molecule has 0 atom stereocenters. The van der Waals surface area contributed by atoms with E-state index in [1.54, 1.807) is 60.8 Å². The van der Waals surface area contributed by atoms with E-state index in [-0.39, 0.29) is 21.5 Å². The van der Waals surface area contributed by atoms with Gasteiger partial charge in [-0.25, -0.2) is 13.1 Å². The SMILES string of the molecule is O=[N+]([O-])c1c(N2CCC(NS(=O)(=O)c3ccccc3)CC2)ccc2ncccc12. The molecule has 3 aromatic rings. The lowest BCUT2D eigenvalue weighted by Crippen LogP contribution is -2.44. The molecule has 8 nitrogen and oxygen atoms in total. The van der Waals surface area contributed by atoms with Gasteiger partial charge in [0.25, 0.3) is 0 Å². The molecule has 29 heavy (non-hydrogen) atoms. The summed E-state index contributed by atoms with van der Waals surface area (Å²) in [5.41, 5.74) is 1.16. The fraction of sp³-hybridized carbons (Fsp3) is 0.250. The Morgan fingerprint density at radius 1 is 1.03 bits per heavy atom. The zero-order valence-corrected chi connectivity index (χ0v) is 16.4. The summed E-state index contributed by atoms with van der Waals surface area (Å²) in [5.74, 6) is 0. The second-order valence-corrected chi connectivity index (χ2v) is 8.67. The molecule has 1 fully saturated rings. The largest absolute Gasteiger partial charge is 0.366 e. The molecule has 1 aliphatic rings. The van der Waals surface area contributed by atoms with Crippen molar-refractivity contribution in [2.24, 2.45) is 0 Å². The second kappa shape index (κ2) is 7.76. The van der Waals surface area contributed by atoms with Crippen molar-refractivity contribution in [1.82, 2.24) is 9.71 Å². The molecular formula is C20H20N4O4S. The Kier molecular flexibility index (Phi) is 5.16. The molecule has 0 spiro atoms. The van der Waals surface area contributed by atoms with E-state index in [0.717, 1.165) is 0 Å². The van der Waals surface area contributed by atoms with Crippen LogP contribution in [-0.2, 0) is 10.0 Å². The van der Waals surface area contributed by atoms with Gasteiger partial charge in [0.05, 0.1) is 20.7 Å². The summed E-state index contributed by atoms with van der Waals surface area (Å²) in [7, 11) is -3.58. The molecule has 0 unspecified atom stereocenters. The lowest BCUT2D eigenvalue weighted by atomic mass is 10.0. The number of anilines is 1. The van der Waals surface area contributed by atoms with Crippen molar-refractivity contribution in [1.29, 1.82) is 0 Å². The highest BCUT2D eigenvalue weighted by atomic mass is 32.2. The average molecular weight is 412 g/mol. The van der Waals surface area contributed by atoms with Crippen LogP contribution in [0, 0.1) is 10.1 Å². The van der Waals surface area contributed by atoms with Gasteiger partial charge in [-0.1, -0.05) is 18.2 Å². The number of rotatable bonds is 5. The highest BCUT2D eigenvalue weighted by Gasteiger charge is 2.29. The molecule has 2 aromatic carbocycles. The Balaban J connectivity index is 1.52. The number of fused-ring (bicyclic) bond motifs is 1. The van der Waals surface area contributed by atoms with Gasteiger partial charge < -0.3 is 4.90 Å². The van der Waals surface area contributed by atoms with Crippen LogP contribution in [0.3, 0.4) is 0 Å². The van der Waals surface area contributed by atoms with Crippen molar-refractivity contribution < 1.29 is 13.3 Å². The number of nitrogens with one attached hydrogen (secondary N) is 1. The third kappa shape index (κ3) is 3.92. The maximum absolute atomic E-state index is 12.5. The second-order valence-electron chi connectivity index (χ2n) is 6.96. The summed E-state index contributed by atoms with van der Waals surface area (Å²) in [6.07, 6.45) is 2.73. The van der Waals surface area contributed by atoms with Crippen molar-refractivity contribution in [2.45, 2.75) is 23.8 Å². The maximum atomic E-state index is 12.5. The van der Waals surface area contributed by atoms with Crippen LogP contribution in [0.15, 0.2) is 65.7 Å². The Morgan fingerprint density at radius 3 is 2.45 bits per heavy atom. The zero-order chi connectivity index (χ0) is 20.4. The first-order valence-corrected chi connectivity index (χ1v) is 10.8. The first-order valence-electron chi connectivity index (χ1n) is 9.30. The molecule has 0 aliphatic carbocycles. The monoisotopic (exact) mass is 412 g/mol. The molecule has 1 saturated heterocycles. The quantitative estimate of drug-likeness (QED) is 0.510. The lowest BCUT2D eigenvalue weighted by molar-refractivity contribution is -0.382. The smallest absolute Gasteiger partial charge is 0.301 e. The van der Waals surface area contributed by atoms with Gasteiger partial charge in [0.2, 0.25) is 10.0 Å². The van der Waals surface area contributed by atoms with Crippen LogP contribution in [-0.4, -0.2) is 37.5 Å². The number of nitrogens with zero attached hydrogens (tertiary/aromatic N) is 3. The van der Waals surface area contributed by atoms with Crippen LogP contribution in [0.25, 0.3) is 10.9 Å². The summed E-state index contributed by atoms with van der Waals surface area (Å²) >= 11 is 0. The molecule has 1 aliphatic heterocycles. The molecule has 150 valence electrons. The first-order chi connectivity index (χ1) is 14.0. The van der Waals surface area contributed by atoms with E-state index in [0.29, 0.717) is 42.5 Å². The van der Waals surface area contributed by atoms with Crippen LogP contribution in [0.5, 0.6) is 0 Å². The molecule has 1 aromatic heterocycles. The Morgan fingerprint density at radius 2 is 1.76 bits per heavy atom. The number of nitro groups is 1. The third-order valence-corrected chi connectivity index (χ3v) is 6.67. The van der Waals surface area contributed by atoms with E-state index >= 15 is 0 Å². The number of aromatic nitrogens is 1. The lowest BCUT2D eigenvalue weighted by Gasteiger charge is -2.33. The fourth-order valence-electron chi connectivity index (χ4n) is 3.70. The minimum atomic E-state index is -3.58. The van der Waals surface area contributed by atoms with Gasteiger partial charge in [0.1, 0.15) is 5.69 Å². The summed E-state index contributed by atoms with van der Waals surface area (Å²) in [6.45, 7) is 1.04. The topological polar surface area (TPSA) is 105 Å². The number of hydrogen-bond donors (Lipinski definition) is 1. The number of nitro benzene ring substituents is 1. The Hall–Kier alpha value is -3.04. The van der Waals surface area contributed by atoms with Crippen molar-refractivity contribution in [3.05, 3.63) is 70.9 Å². The van der Waals surface area contributed by atoms with E-state index in [9.17, 15) is 18.5 Å². The van der Waals surface area contributed by atoms with Crippen LogP contribution in [0.4, 0.5) is 11.4 Å². The molecule has 0 amide bonds. The van der Waals surface area contributed by atoms with Crippen molar-refractivity contribution in [3.63, 3.8) is 0 Å². The zero-order valence-electron chi connectivity index (χ0n) is 15.6. The minimum absolute atomic E-state index is 0.0407. The third-order valence-electron chi connectivity index (χ3n) is 5.13. The summed E-state index contributed by atoms with van der Waals surface area (Å²) < 4.78 is 27.8. The van der Waals surface area contributed by atoms with Gasteiger partial charge >= 0.3 is 5.69 Å². The normalized spacial score (nSPS) is 15.5.